The predicted molar refractivity (Wildman–Crippen MR) is 365 cm³/mol. The van der Waals surface area contributed by atoms with Crippen LogP contribution in [-0.4, -0.2) is 124 Å². The van der Waals surface area contributed by atoms with Gasteiger partial charge in [-0.1, -0.05) is 203 Å². The van der Waals surface area contributed by atoms with E-state index in [1.54, 1.807) is 6.21 Å². The Bertz CT molecular complexity index is 3160. The van der Waals surface area contributed by atoms with Gasteiger partial charge in [-0.25, -0.2) is 0 Å². The molecule has 90 heavy (non-hydrogen) atoms. The first-order valence-corrected chi connectivity index (χ1v) is 37.4. The Kier molecular flexibility index (Phi) is 16.4. The Balaban J connectivity index is 0.000000110. The van der Waals surface area contributed by atoms with E-state index >= 15 is 0 Å². The summed E-state index contributed by atoms with van der Waals surface area (Å²) < 4.78 is 6.25. The van der Waals surface area contributed by atoms with Crippen molar-refractivity contribution in [3.05, 3.63) is 115 Å². The molecule has 0 aromatic heterocycles. The van der Waals surface area contributed by atoms with Gasteiger partial charge in [0.15, 0.2) is 0 Å². The zero-order chi connectivity index (χ0) is 64.1. The zero-order valence-electron chi connectivity index (χ0n) is 57.3. The van der Waals surface area contributed by atoms with E-state index in [9.17, 15) is 15.4 Å². The Hall–Kier alpha value is -3.45. The van der Waals surface area contributed by atoms with Crippen LogP contribution in [0.2, 0.25) is 0 Å². The molecule has 9 aliphatic carbocycles. The number of aliphatic hydroxyl groups is 2. The van der Waals surface area contributed by atoms with E-state index in [0.717, 1.165) is 19.3 Å². The van der Waals surface area contributed by atoms with Gasteiger partial charge in [0.25, 0.3) is 0 Å². The third kappa shape index (κ3) is 8.18. The fourth-order valence-electron chi connectivity index (χ4n) is 25.7. The molecule has 0 amide bonds. The Labute approximate surface area is 541 Å². The van der Waals surface area contributed by atoms with Crippen LogP contribution >= 0.6 is 6.89 Å². The number of hydroxylamine groups is 6. The van der Waals surface area contributed by atoms with E-state index in [-0.39, 0.29) is 92.2 Å². The second kappa shape index (κ2) is 22.6. The van der Waals surface area contributed by atoms with E-state index in [1.807, 2.05) is 6.08 Å². The monoisotopic (exact) mass is 1250 g/mol. The molecular weight excluding hydrogens is 1140 g/mol. The summed E-state index contributed by atoms with van der Waals surface area (Å²) in [6, 6.07) is 31.9. The van der Waals surface area contributed by atoms with E-state index in [4.69, 9.17) is 25.5 Å². The van der Waals surface area contributed by atoms with E-state index in [1.165, 1.54) is 118 Å². The van der Waals surface area contributed by atoms with Crippen LogP contribution in [0.25, 0.3) is 0 Å². The molecule has 12 bridgehead atoms. The number of fused-ring (bicyclic) bond motifs is 1. The van der Waals surface area contributed by atoms with Gasteiger partial charge in [-0.15, -0.1) is 6.58 Å². The molecule has 11 nitrogen and oxygen atoms in total. The second-order valence-electron chi connectivity index (χ2n) is 32.7. The van der Waals surface area contributed by atoms with Gasteiger partial charge in [-0.05, 0) is 170 Å². The highest BCUT2D eigenvalue weighted by atomic mass is 31.2. The van der Waals surface area contributed by atoms with E-state index in [2.05, 4.69) is 214 Å². The lowest BCUT2D eigenvalue weighted by Crippen LogP contribution is -2.70. The minimum Gasteiger partial charge on any atom is -0.411 e. The molecule has 3 spiro atoms. The largest absolute Gasteiger partial charge is 0.411 e. The molecule has 3 aromatic carbocycles. The summed E-state index contributed by atoms with van der Waals surface area (Å²) in [6.07, 6.45) is 32.6. The predicted octanol–water partition coefficient (Wildman–Crippen LogP) is 14.3. The number of aliphatic hydroxyl groups excluding tert-OH is 2. The number of rotatable bonds is 6. The molecule has 4 aliphatic heterocycles. The van der Waals surface area contributed by atoms with Gasteiger partial charge in [0, 0.05) is 49.2 Å². The maximum absolute atomic E-state index is 11.4. The number of epoxide rings is 1. The average Bonchev–Trinajstić information content (AvgIpc) is 1.49. The van der Waals surface area contributed by atoms with E-state index in [0.29, 0.717) is 35.0 Å². The molecule has 3 N–H and O–H groups in total. The van der Waals surface area contributed by atoms with Crippen molar-refractivity contribution in [1.29, 1.82) is 0 Å². The fourth-order valence-corrected chi connectivity index (χ4v) is 28.6. The van der Waals surface area contributed by atoms with Gasteiger partial charge in [0.1, 0.15) is 5.60 Å². The summed E-state index contributed by atoms with van der Waals surface area (Å²) in [5, 5.41) is 44.6. The van der Waals surface area contributed by atoms with Crippen molar-refractivity contribution < 1.29 is 34.7 Å². The number of allylic oxidation sites excluding steroid dienone is 1. The minimum absolute atomic E-state index is 0.0746. The van der Waals surface area contributed by atoms with Crippen LogP contribution < -0.4 is 15.9 Å². The first-order valence-electron chi connectivity index (χ1n) is 35.4. The molecule has 492 valence electrons. The van der Waals surface area contributed by atoms with Crippen molar-refractivity contribution >= 4 is 35.3 Å². The van der Waals surface area contributed by atoms with Gasteiger partial charge >= 0.3 is 0 Å². The number of benzene rings is 3. The van der Waals surface area contributed by atoms with Crippen molar-refractivity contribution in [2.45, 2.75) is 238 Å². The van der Waals surface area contributed by atoms with Gasteiger partial charge in [0.05, 0.1) is 60.0 Å². The van der Waals surface area contributed by atoms with Crippen molar-refractivity contribution in [2.24, 2.45) is 78.6 Å². The molecule has 9 unspecified atom stereocenters. The molecular formula is C78H113N4O7P. The van der Waals surface area contributed by atoms with Crippen molar-refractivity contribution in [3.8, 4) is 0 Å². The van der Waals surface area contributed by atoms with Crippen molar-refractivity contribution in [2.75, 3.05) is 27.7 Å². The van der Waals surface area contributed by atoms with Crippen LogP contribution in [-0.2, 0) is 19.2 Å². The number of hydrogen-bond acceptors (Lipinski definition) is 11. The van der Waals surface area contributed by atoms with Crippen LogP contribution in [0.15, 0.2) is 120 Å². The number of ether oxygens (including phenoxy) is 1. The SMILES string of the molecule is C=C[C@]1(C)C[C@H]2ON(C)[C@@]34CCCC3(CCC(C)C24C)[C@@H](C)[C@@H]1O.C=P(c1ccccc1)(c1ccccc1)c1ccccc1.CC1CCC23CCC[C@]24N(C)O[C@H](C/C(CO)=C\[C@@H]3C)C14C.CC1CCC23CCC[C@]24N(C)O[C@H](C[C@@]2(/C=N/O)O[C@H]2[C@@H]3C)C14C. The standard InChI is InChI=1S/C21H35NO2.C19H30N2O3.C19H31NO2.C19H17P/c1-7-18(4)13-16-19(5)14(2)9-12-20(15(3)17(18)23)10-8-11-21(19,20)22(6)24-16;1-12-6-9-17-7-5-8-19(17)16(12,3)14(24-21(19)4)10-18(11-20-22)15(23-18)13(17)2;1-13-6-9-18-7-5-8-19(18)17(13,3)16(22-20(19)4)11-15(12-21)10-14(18)2;1-20(17-11-5-2-6-12-17,18-13-7-3-8-14-18)19-15-9-4-10-16-19/h7,14-17,23H,1,8-13H2,2-6H3;11-15,22H,5-10H2,1-4H3;10,13-14,16,21H,5-9,11-12H2,1-4H3;2-16H,1H2/b;20-11+;15-10+;/t14?,15-,16+,17-,18+,19?,20?,21+;12?,13-,14+,15-,16?,17?,18-,19+;13?,14-,16+,17?,18?,19+;/m000./s1. The van der Waals surface area contributed by atoms with Crippen LogP contribution in [0.4, 0.5) is 0 Å². The minimum atomic E-state index is -1.78. The number of oxime groups is 1. The lowest BCUT2D eigenvalue weighted by atomic mass is 9.41. The summed E-state index contributed by atoms with van der Waals surface area (Å²) in [6.45, 7) is 26.5. The molecule has 22 atom stereocenters. The van der Waals surface area contributed by atoms with Gasteiger partial charge < -0.3 is 20.2 Å². The lowest BCUT2D eigenvalue weighted by molar-refractivity contribution is -0.213. The second-order valence-corrected chi connectivity index (χ2v) is 35.9. The van der Waals surface area contributed by atoms with Crippen LogP contribution in [0.1, 0.15) is 185 Å². The van der Waals surface area contributed by atoms with Crippen LogP contribution in [0.3, 0.4) is 0 Å². The topological polar surface area (TPSA) is 123 Å². The molecule has 0 radical (unpaired) electrons. The van der Waals surface area contributed by atoms with Crippen LogP contribution in [0.5, 0.6) is 0 Å². The molecule has 12 heteroatoms. The maximum atomic E-state index is 11.4. The van der Waals surface area contributed by atoms with Gasteiger partial charge in [-0.2, -0.15) is 15.2 Å². The third-order valence-electron chi connectivity index (χ3n) is 30.8. The highest BCUT2D eigenvalue weighted by Crippen LogP contribution is 2.79. The number of nitrogens with zero attached hydrogens (tertiary/aromatic N) is 4. The maximum Gasteiger partial charge on any atom is 0.136 e. The normalized spacial score (nSPS) is 49.1. The smallest absolute Gasteiger partial charge is 0.136 e. The summed E-state index contributed by atoms with van der Waals surface area (Å²) in [4.78, 5) is 19.7. The first-order chi connectivity index (χ1) is 42.8. The average molecular weight is 1250 g/mol. The molecule has 4 saturated heterocycles. The number of hydrogen-bond donors (Lipinski definition) is 3. The molecule has 12 fully saturated rings. The molecule has 16 rings (SSSR count). The molecule has 3 aromatic rings. The van der Waals surface area contributed by atoms with Crippen molar-refractivity contribution in [1.82, 2.24) is 15.2 Å². The summed E-state index contributed by atoms with van der Waals surface area (Å²) in [7, 11) is 6.53. The molecule has 13 aliphatic rings. The van der Waals surface area contributed by atoms with E-state index < -0.39 is 12.5 Å². The molecule has 4 heterocycles. The fraction of sp³-hybridized carbons (Fsp3) is 0.692. The Morgan fingerprint density at radius 3 is 1.41 bits per heavy atom. The Morgan fingerprint density at radius 1 is 0.567 bits per heavy atom. The third-order valence-corrected chi connectivity index (χ3v) is 34.4. The highest BCUT2D eigenvalue weighted by molar-refractivity contribution is 7.93. The highest BCUT2D eigenvalue weighted by Gasteiger charge is 2.83. The summed E-state index contributed by atoms with van der Waals surface area (Å²) in [5.74, 6) is 3.20. The van der Waals surface area contributed by atoms with Crippen LogP contribution in [0, 0.1) is 73.4 Å². The van der Waals surface area contributed by atoms with Gasteiger partial charge in [0.2, 0.25) is 0 Å². The zero-order valence-corrected chi connectivity index (χ0v) is 58.2. The Morgan fingerprint density at radius 2 is 0.967 bits per heavy atom. The summed E-state index contributed by atoms with van der Waals surface area (Å²) in [5.41, 5.74) is 2.04. The first kappa shape index (κ1) is 65.2. The summed E-state index contributed by atoms with van der Waals surface area (Å²) >= 11 is 0. The lowest BCUT2D eigenvalue weighted by Gasteiger charge is -2.65. The molecule has 8 saturated carbocycles. The van der Waals surface area contributed by atoms with Gasteiger partial charge in [-0.3, -0.25) is 14.5 Å². The quantitative estimate of drug-likeness (QED) is 0.0549. The van der Waals surface area contributed by atoms with Crippen molar-refractivity contribution in [3.63, 3.8) is 0 Å².